The van der Waals surface area contributed by atoms with E-state index in [9.17, 15) is 14.4 Å². The molecule has 0 saturated heterocycles. The number of ether oxygens (including phenoxy) is 3. The van der Waals surface area contributed by atoms with Crippen LogP contribution in [0.25, 0.3) is 0 Å². The van der Waals surface area contributed by atoms with E-state index in [1.165, 1.54) is 21.3 Å². The molecule has 0 aromatic carbocycles. The number of carbonyl (C=O) groups excluding carboxylic acids is 3. The van der Waals surface area contributed by atoms with Crippen molar-refractivity contribution in [3.05, 3.63) is 0 Å². The Balaban J connectivity index is 4.97. The lowest BCUT2D eigenvalue weighted by molar-refractivity contribution is -0.142. The van der Waals surface area contributed by atoms with Crippen LogP contribution in [0.1, 0.15) is 78.6 Å². The van der Waals surface area contributed by atoms with Gasteiger partial charge in [0.2, 0.25) is 0 Å². The molecule has 3 unspecified atom stereocenters. The molecular weight excluding hydrogens is 493 g/mol. The Morgan fingerprint density at radius 2 is 0.838 bits per heavy atom. The van der Waals surface area contributed by atoms with E-state index in [1.807, 2.05) is 0 Å². The maximum atomic E-state index is 11.8. The van der Waals surface area contributed by atoms with Gasteiger partial charge in [-0.25, -0.2) is 0 Å². The summed E-state index contributed by atoms with van der Waals surface area (Å²) in [5.41, 5.74) is 0. The average molecular weight is 548 g/mol. The summed E-state index contributed by atoms with van der Waals surface area (Å²) in [6.45, 7) is 8.94. The van der Waals surface area contributed by atoms with Gasteiger partial charge >= 0.3 is 17.9 Å². The third kappa shape index (κ3) is 19.4. The second-order valence-electron chi connectivity index (χ2n) is 9.50. The SMILES string of the molecule is CCCC(CC(=O)OC)NCCP(CCNC(CCC)CC(=O)OC)CCNC(CCC)CC(=O)OC. The summed E-state index contributed by atoms with van der Waals surface area (Å²) in [6, 6.07) is 0.399. The third-order valence-electron chi connectivity index (χ3n) is 6.42. The van der Waals surface area contributed by atoms with E-state index >= 15 is 0 Å². The molecule has 0 aromatic rings. The molecule has 218 valence electrons. The fourth-order valence-corrected chi connectivity index (χ4v) is 6.35. The molecule has 0 heterocycles. The van der Waals surface area contributed by atoms with E-state index in [-0.39, 0.29) is 44.0 Å². The highest BCUT2D eigenvalue weighted by Crippen LogP contribution is 2.33. The van der Waals surface area contributed by atoms with Crippen LogP contribution in [0.4, 0.5) is 0 Å². The van der Waals surface area contributed by atoms with Crippen molar-refractivity contribution in [3.63, 3.8) is 0 Å². The van der Waals surface area contributed by atoms with E-state index in [2.05, 4.69) is 36.7 Å². The van der Waals surface area contributed by atoms with Crippen molar-refractivity contribution >= 4 is 25.8 Å². The Bertz CT molecular complexity index is 530. The smallest absolute Gasteiger partial charge is 0.307 e. The fraction of sp³-hybridized carbons (Fsp3) is 0.889. The van der Waals surface area contributed by atoms with Crippen molar-refractivity contribution in [2.75, 3.05) is 59.4 Å². The first-order chi connectivity index (χ1) is 17.8. The molecular formula is C27H54N3O6P. The molecule has 0 amide bonds. The Kier molecular flexibility index (Phi) is 23.0. The lowest BCUT2D eigenvalue weighted by atomic mass is 10.1. The molecule has 37 heavy (non-hydrogen) atoms. The first-order valence-corrected chi connectivity index (χ1v) is 15.9. The predicted molar refractivity (Wildman–Crippen MR) is 152 cm³/mol. The Labute approximate surface area is 226 Å². The van der Waals surface area contributed by atoms with Gasteiger partial charge in [0.1, 0.15) is 0 Å². The van der Waals surface area contributed by atoms with Crippen LogP contribution in [0.3, 0.4) is 0 Å². The summed E-state index contributed by atoms with van der Waals surface area (Å²) >= 11 is 0. The van der Waals surface area contributed by atoms with Crippen molar-refractivity contribution < 1.29 is 28.6 Å². The number of rotatable bonds is 24. The zero-order valence-corrected chi connectivity index (χ0v) is 25.1. The van der Waals surface area contributed by atoms with Crippen molar-refractivity contribution in [2.45, 2.75) is 96.7 Å². The van der Waals surface area contributed by atoms with E-state index < -0.39 is 0 Å². The Hall–Kier alpha value is -1.28. The van der Waals surface area contributed by atoms with Crippen molar-refractivity contribution in [2.24, 2.45) is 0 Å². The van der Waals surface area contributed by atoms with Crippen molar-refractivity contribution in [1.82, 2.24) is 16.0 Å². The van der Waals surface area contributed by atoms with Gasteiger partial charge in [0.25, 0.3) is 0 Å². The predicted octanol–water partition coefficient (Wildman–Crippen LogP) is 3.43. The monoisotopic (exact) mass is 547 g/mol. The standard InChI is InChI=1S/C27H54N3O6P/c1-7-10-22(19-25(31)34-4)28-13-16-37(17-14-29-23(11-8-2)20-26(32)35-5)18-15-30-24(12-9-3)21-27(33)36-6/h22-24,28-30H,7-21H2,1-6H3. The second kappa shape index (κ2) is 23.8. The maximum absolute atomic E-state index is 11.8. The second-order valence-corrected chi connectivity index (χ2v) is 12.2. The van der Waals surface area contributed by atoms with Crippen LogP contribution in [0.5, 0.6) is 0 Å². The number of esters is 3. The van der Waals surface area contributed by atoms with Gasteiger partial charge in [0.15, 0.2) is 0 Å². The van der Waals surface area contributed by atoms with Crippen LogP contribution in [0.2, 0.25) is 0 Å². The minimum atomic E-state index is -0.288. The molecule has 3 atom stereocenters. The van der Waals surface area contributed by atoms with Crippen LogP contribution in [-0.2, 0) is 28.6 Å². The molecule has 0 aliphatic heterocycles. The first-order valence-electron chi connectivity index (χ1n) is 14.0. The topological polar surface area (TPSA) is 115 Å². The molecule has 0 spiro atoms. The van der Waals surface area contributed by atoms with Crippen LogP contribution in [-0.4, -0.2) is 95.5 Å². The molecule has 0 fully saturated rings. The zero-order valence-electron chi connectivity index (χ0n) is 24.2. The van der Waals surface area contributed by atoms with Gasteiger partial charge in [0, 0.05) is 18.1 Å². The summed E-state index contributed by atoms with van der Waals surface area (Å²) in [7, 11) is 4.01. The van der Waals surface area contributed by atoms with Crippen LogP contribution in [0, 0.1) is 0 Å². The summed E-state index contributed by atoms with van der Waals surface area (Å²) in [6.07, 6.45) is 10.2. The average Bonchev–Trinajstić information content (AvgIpc) is 2.88. The summed E-state index contributed by atoms with van der Waals surface area (Å²) < 4.78 is 14.6. The normalized spacial score (nSPS) is 14.4. The fourth-order valence-electron chi connectivity index (χ4n) is 4.34. The number of carbonyl (C=O) groups is 3. The van der Waals surface area contributed by atoms with Gasteiger partial charge in [0.05, 0.1) is 40.6 Å². The zero-order chi connectivity index (χ0) is 27.9. The molecule has 0 rings (SSSR count). The van der Waals surface area contributed by atoms with Gasteiger partial charge in [-0.15, -0.1) is 7.92 Å². The van der Waals surface area contributed by atoms with Gasteiger partial charge in [-0.05, 0) is 57.4 Å². The van der Waals surface area contributed by atoms with E-state index in [0.29, 0.717) is 19.3 Å². The first kappa shape index (κ1) is 35.7. The molecule has 3 N–H and O–H groups in total. The van der Waals surface area contributed by atoms with Crippen LogP contribution < -0.4 is 16.0 Å². The molecule has 0 saturated carbocycles. The Morgan fingerprint density at radius 1 is 0.568 bits per heavy atom. The van der Waals surface area contributed by atoms with Crippen LogP contribution in [0.15, 0.2) is 0 Å². The van der Waals surface area contributed by atoms with Gasteiger partial charge in [-0.2, -0.15) is 0 Å². The van der Waals surface area contributed by atoms with E-state index in [0.717, 1.165) is 76.6 Å². The van der Waals surface area contributed by atoms with Gasteiger partial charge in [-0.1, -0.05) is 40.0 Å². The van der Waals surface area contributed by atoms with Crippen molar-refractivity contribution in [1.29, 1.82) is 0 Å². The maximum Gasteiger partial charge on any atom is 0.307 e. The molecule has 0 aromatic heterocycles. The van der Waals surface area contributed by atoms with Gasteiger partial charge in [-0.3, -0.25) is 14.4 Å². The molecule has 10 heteroatoms. The highest BCUT2D eigenvalue weighted by molar-refractivity contribution is 7.57. The number of hydrogen-bond donors (Lipinski definition) is 3. The van der Waals surface area contributed by atoms with Crippen molar-refractivity contribution in [3.8, 4) is 0 Å². The molecule has 0 aliphatic rings. The lowest BCUT2D eigenvalue weighted by Crippen LogP contribution is -2.36. The summed E-state index contributed by atoms with van der Waals surface area (Å²) in [5.74, 6) is -0.537. The van der Waals surface area contributed by atoms with E-state index in [1.54, 1.807) is 0 Å². The summed E-state index contributed by atoms with van der Waals surface area (Å²) in [5, 5.41) is 10.7. The number of nitrogens with one attached hydrogen (secondary N) is 3. The highest BCUT2D eigenvalue weighted by Gasteiger charge is 2.18. The van der Waals surface area contributed by atoms with Gasteiger partial charge < -0.3 is 30.2 Å². The van der Waals surface area contributed by atoms with E-state index in [4.69, 9.17) is 14.2 Å². The molecule has 0 radical (unpaired) electrons. The quantitative estimate of drug-likeness (QED) is 0.0950. The summed E-state index contributed by atoms with van der Waals surface area (Å²) in [4.78, 5) is 35.3. The molecule has 0 aliphatic carbocycles. The lowest BCUT2D eigenvalue weighted by Gasteiger charge is -2.24. The minimum Gasteiger partial charge on any atom is -0.469 e. The number of hydrogen-bond acceptors (Lipinski definition) is 9. The minimum absolute atomic E-state index is 0.133. The third-order valence-corrected chi connectivity index (χ3v) is 8.98. The molecule has 0 bridgehead atoms. The molecule has 9 nitrogen and oxygen atoms in total. The van der Waals surface area contributed by atoms with Crippen LogP contribution >= 0.6 is 7.92 Å². The largest absolute Gasteiger partial charge is 0.469 e. The number of methoxy groups -OCH3 is 3. The highest BCUT2D eigenvalue weighted by atomic mass is 31.1. The Morgan fingerprint density at radius 3 is 1.05 bits per heavy atom.